The zero-order valence-corrected chi connectivity index (χ0v) is 13.4. The van der Waals surface area contributed by atoms with Gasteiger partial charge < -0.3 is 14.6 Å². The number of rotatable bonds is 5. The van der Waals surface area contributed by atoms with Crippen molar-refractivity contribution in [3.8, 4) is 0 Å². The van der Waals surface area contributed by atoms with Crippen molar-refractivity contribution < 1.29 is 9.53 Å². The van der Waals surface area contributed by atoms with Crippen LogP contribution in [0.25, 0.3) is 0 Å². The van der Waals surface area contributed by atoms with E-state index in [4.69, 9.17) is 4.74 Å². The van der Waals surface area contributed by atoms with Crippen molar-refractivity contribution in [3.63, 3.8) is 0 Å². The highest BCUT2D eigenvalue weighted by Gasteiger charge is 2.21. The minimum absolute atomic E-state index is 0.0386. The molecule has 1 saturated heterocycles. The zero-order chi connectivity index (χ0) is 16.1. The average Bonchev–Trinajstić information content (AvgIpc) is 3.00. The summed E-state index contributed by atoms with van der Waals surface area (Å²) in [5, 5.41) is 2.97. The van der Waals surface area contributed by atoms with Crippen molar-refractivity contribution in [3.05, 3.63) is 59.9 Å². The van der Waals surface area contributed by atoms with Gasteiger partial charge in [-0.15, -0.1) is 0 Å². The van der Waals surface area contributed by atoms with Crippen molar-refractivity contribution in [1.82, 2.24) is 14.8 Å². The number of carbonyl (C=O) groups excluding carboxylic acids is 1. The SMILES string of the molecule is Cn1cccc1C(=O)NCC1CN(Cc2ccccc2)CCO1. The number of nitrogens with zero attached hydrogens (tertiary/aromatic N) is 2. The molecule has 1 fully saturated rings. The molecule has 3 rings (SSSR count). The van der Waals surface area contributed by atoms with Crippen LogP contribution in [0.3, 0.4) is 0 Å². The van der Waals surface area contributed by atoms with Crippen molar-refractivity contribution in [2.75, 3.05) is 26.2 Å². The first-order valence-electron chi connectivity index (χ1n) is 8.00. The Morgan fingerprint density at radius 2 is 2.09 bits per heavy atom. The lowest BCUT2D eigenvalue weighted by Crippen LogP contribution is -2.47. The van der Waals surface area contributed by atoms with Gasteiger partial charge in [-0.25, -0.2) is 0 Å². The fourth-order valence-corrected chi connectivity index (χ4v) is 2.88. The van der Waals surface area contributed by atoms with Gasteiger partial charge in [0.25, 0.3) is 5.91 Å². The molecule has 1 aliphatic rings. The summed E-state index contributed by atoms with van der Waals surface area (Å²) in [6, 6.07) is 14.1. The molecule has 1 N–H and O–H groups in total. The summed E-state index contributed by atoms with van der Waals surface area (Å²) in [6.07, 6.45) is 1.91. The van der Waals surface area contributed by atoms with E-state index in [0.29, 0.717) is 18.8 Å². The van der Waals surface area contributed by atoms with Crippen molar-refractivity contribution in [2.45, 2.75) is 12.6 Å². The minimum Gasteiger partial charge on any atom is -0.374 e. The van der Waals surface area contributed by atoms with Crippen LogP contribution in [0.5, 0.6) is 0 Å². The Labute approximate surface area is 136 Å². The molecule has 0 spiro atoms. The van der Waals surface area contributed by atoms with E-state index < -0.39 is 0 Å². The number of morpholine rings is 1. The van der Waals surface area contributed by atoms with Crippen LogP contribution in [0.2, 0.25) is 0 Å². The van der Waals surface area contributed by atoms with Gasteiger partial charge in [0.05, 0.1) is 12.7 Å². The number of ether oxygens (including phenoxy) is 1. The van der Waals surface area contributed by atoms with Gasteiger partial charge in [-0.05, 0) is 17.7 Å². The van der Waals surface area contributed by atoms with Crippen LogP contribution in [-0.2, 0) is 18.3 Å². The van der Waals surface area contributed by atoms with Gasteiger partial charge in [0, 0.05) is 39.4 Å². The molecule has 0 bridgehead atoms. The number of aromatic nitrogens is 1. The fraction of sp³-hybridized carbons (Fsp3) is 0.389. The number of benzene rings is 1. The predicted molar refractivity (Wildman–Crippen MR) is 89.2 cm³/mol. The van der Waals surface area contributed by atoms with E-state index in [0.717, 1.165) is 19.6 Å². The van der Waals surface area contributed by atoms with E-state index in [9.17, 15) is 4.79 Å². The Bertz CT molecular complexity index is 639. The third kappa shape index (κ3) is 4.21. The van der Waals surface area contributed by atoms with Gasteiger partial charge >= 0.3 is 0 Å². The fourth-order valence-electron chi connectivity index (χ4n) is 2.88. The van der Waals surface area contributed by atoms with Crippen LogP contribution < -0.4 is 5.32 Å². The van der Waals surface area contributed by atoms with Crippen molar-refractivity contribution in [1.29, 1.82) is 0 Å². The summed E-state index contributed by atoms with van der Waals surface area (Å²) in [4.78, 5) is 14.5. The van der Waals surface area contributed by atoms with Gasteiger partial charge in [-0.1, -0.05) is 30.3 Å². The summed E-state index contributed by atoms with van der Waals surface area (Å²) >= 11 is 0. The smallest absolute Gasteiger partial charge is 0.267 e. The molecule has 0 saturated carbocycles. The minimum atomic E-state index is -0.0544. The first-order valence-corrected chi connectivity index (χ1v) is 8.00. The summed E-state index contributed by atoms with van der Waals surface area (Å²) in [7, 11) is 1.87. The van der Waals surface area contributed by atoms with E-state index in [1.165, 1.54) is 5.56 Å². The molecule has 1 atom stereocenters. The molecule has 1 aromatic carbocycles. The largest absolute Gasteiger partial charge is 0.374 e. The summed E-state index contributed by atoms with van der Waals surface area (Å²) in [5.74, 6) is -0.0544. The van der Waals surface area contributed by atoms with E-state index in [1.54, 1.807) is 0 Å². The maximum Gasteiger partial charge on any atom is 0.267 e. The third-order valence-electron chi connectivity index (χ3n) is 4.14. The molecule has 2 aromatic rings. The molecule has 0 radical (unpaired) electrons. The second-order valence-electron chi connectivity index (χ2n) is 5.93. The molecule has 0 aliphatic carbocycles. The lowest BCUT2D eigenvalue weighted by atomic mass is 10.2. The van der Waals surface area contributed by atoms with Crippen LogP contribution in [0.15, 0.2) is 48.7 Å². The third-order valence-corrected chi connectivity index (χ3v) is 4.14. The standard InChI is InChI=1S/C18H23N3O2/c1-20-9-5-8-17(20)18(22)19-12-16-14-21(10-11-23-16)13-15-6-3-2-4-7-15/h2-9,16H,10-14H2,1H3,(H,19,22). The highest BCUT2D eigenvalue weighted by atomic mass is 16.5. The number of amides is 1. The summed E-state index contributed by atoms with van der Waals surface area (Å²) in [6.45, 7) is 3.93. The molecule has 1 aliphatic heterocycles. The van der Waals surface area contributed by atoms with Gasteiger partial charge in [0.2, 0.25) is 0 Å². The summed E-state index contributed by atoms with van der Waals surface area (Å²) < 4.78 is 7.60. The van der Waals surface area contributed by atoms with E-state index in [2.05, 4.69) is 34.5 Å². The maximum atomic E-state index is 12.1. The molecule has 5 nitrogen and oxygen atoms in total. The van der Waals surface area contributed by atoms with Crippen LogP contribution >= 0.6 is 0 Å². The maximum absolute atomic E-state index is 12.1. The second kappa shape index (κ2) is 7.44. The van der Waals surface area contributed by atoms with Gasteiger partial charge in [0.1, 0.15) is 5.69 Å². The average molecular weight is 313 g/mol. The molecule has 1 aromatic heterocycles. The zero-order valence-electron chi connectivity index (χ0n) is 13.4. The van der Waals surface area contributed by atoms with E-state index in [1.807, 2.05) is 36.0 Å². The number of hydrogen-bond donors (Lipinski definition) is 1. The molecule has 5 heteroatoms. The number of carbonyl (C=O) groups is 1. The molecule has 122 valence electrons. The first kappa shape index (κ1) is 15.8. The molecule has 2 heterocycles. The number of aryl methyl sites for hydroxylation is 1. The van der Waals surface area contributed by atoms with Crippen LogP contribution in [0, 0.1) is 0 Å². The first-order chi connectivity index (χ1) is 11.2. The van der Waals surface area contributed by atoms with Gasteiger partial charge in [-0.2, -0.15) is 0 Å². The highest BCUT2D eigenvalue weighted by molar-refractivity contribution is 5.92. The van der Waals surface area contributed by atoms with E-state index in [-0.39, 0.29) is 12.0 Å². The molecule has 1 unspecified atom stereocenters. The highest BCUT2D eigenvalue weighted by Crippen LogP contribution is 2.10. The van der Waals surface area contributed by atoms with Crippen LogP contribution in [0.1, 0.15) is 16.1 Å². The Morgan fingerprint density at radius 3 is 2.83 bits per heavy atom. The lowest BCUT2D eigenvalue weighted by molar-refractivity contribution is -0.0293. The Morgan fingerprint density at radius 1 is 1.26 bits per heavy atom. The molecule has 1 amide bonds. The Balaban J connectivity index is 1.49. The van der Waals surface area contributed by atoms with Gasteiger partial charge in [-0.3, -0.25) is 9.69 Å². The quantitative estimate of drug-likeness (QED) is 0.913. The van der Waals surface area contributed by atoms with Crippen molar-refractivity contribution in [2.24, 2.45) is 7.05 Å². The molecular formula is C18H23N3O2. The van der Waals surface area contributed by atoms with Crippen molar-refractivity contribution >= 4 is 5.91 Å². The summed E-state index contributed by atoms with van der Waals surface area (Å²) in [5.41, 5.74) is 1.97. The number of nitrogens with one attached hydrogen (secondary N) is 1. The molecular weight excluding hydrogens is 290 g/mol. The Hall–Kier alpha value is -2.11. The monoisotopic (exact) mass is 313 g/mol. The Kier molecular flexibility index (Phi) is 5.10. The molecule has 23 heavy (non-hydrogen) atoms. The van der Waals surface area contributed by atoms with Gasteiger partial charge in [0.15, 0.2) is 0 Å². The van der Waals surface area contributed by atoms with Crippen LogP contribution in [0.4, 0.5) is 0 Å². The second-order valence-corrected chi connectivity index (χ2v) is 5.93. The lowest BCUT2D eigenvalue weighted by Gasteiger charge is -2.33. The van der Waals surface area contributed by atoms with Crippen LogP contribution in [-0.4, -0.2) is 47.7 Å². The number of hydrogen-bond acceptors (Lipinski definition) is 3. The normalized spacial score (nSPS) is 18.7. The topological polar surface area (TPSA) is 46.5 Å². The van der Waals surface area contributed by atoms with E-state index >= 15 is 0 Å². The predicted octanol–water partition coefficient (Wildman–Crippen LogP) is 1.66.